The van der Waals surface area contributed by atoms with Crippen molar-refractivity contribution in [2.24, 2.45) is 4.99 Å². The van der Waals surface area contributed by atoms with Crippen LogP contribution in [-0.4, -0.2) is 28.9 Å². The van der Waals surface area contributed by atoms with Crippen LogP contribution in [0.4, 0.5) is 5.69 Å². The Kier molecular flexibility index (Phi) is 4.74. The first-order valence-electron chi connectivity index (χ1n) is 8.13. The van der Waals surface area contributed by atoms with Crippen molar-refractivity contribution in [2.45, 2.75) is 6.92 Å². The van der Waals surface area contributed by atoms with Crippen LogP contribution in [0.25, 0.3) is 6.08 Å². The average molecular weight is 417 g/mol. The highest BCUT2D eigenvalue weighted by molar-refractivity contribution is 8.18. The summed E-state index contributed by atoms with van der Waals surface area (Å²) in [5.41, 5.74) is 2.11. The highest BCUT2D eigenvalue weighted by Gasteiger charge is 2.25. The van der Waals surface area contributed by atoms with Crippen LogP contribution in [0.2, 0.25) is 5.02 Å². The Bertz CT molecular complexity index is 1080. The predicted molar refractivity (Wildman–Crippen MR) is 107 cm³/mol. The number of benzene rings is 2. The van der Waals surface area contributed by atoms with Crippen molar-refractivity contribution >= 4 is 52.2 Å². The molecule has 7 nitrogen and oxygen atoms in total. The second-order valence-electron chi connectivity index (χ2n) is 6.01. The molecule has 0 unspecified atom stereocenters. The van der Waals surface area contributed by atoms with Gasteiger partial charge in [0.1, 0.15) is 0 Å². The van der Waals surface area contributed by atoms with Crippen LogP contribution in [0.3, 0.4) is 0 Å². The Labute approximate surface area is 169 Å². The van der Waals surface area contributed by atoms with E-state index in [1.807, 2.05) is 19.1 Å². The van der Waals surface area contributed by atoms with Gasteiger partial charge in [0, 0.05) is 0 Å². The summed E-state index contributed by atoms with van der Waals surface area (Å²) in [6, 6.07) is 8.08. The van der Waals surface area contributed by atoms with E-state index in [4.69, 9.17) is 26.2 Å². The van der Waals surface area contributed by atoms with E-state index in [1.165, 1.54) is 23.9 Å². The molecule has 0 saturated carbocycles. The number of nitrogens with one attached hydrogen (secondary N) is 1. The maximum atomic E-state index is 12.3. The van der Waals surface area contributed by atoms with Gasteiger partial charge in [0.2, 0.25) is 6.79 Å². The van der Waals surface area contributed by atoms with E-state index in [0.29, 0.717) is 27.3 Å². The van der Waals surface area contributed by atoms with Gasteiger partial charge in [-0.15, -0.1) is 0 Å². The third kappa shape index (κ3) is 3.56. The SMILES string of the molecule is Cc1cc2c(cc1/C=C1\SC(=Nc3ccc(Cl)c(C(=O)O)c3)NC1=O)OCO2. The van der Waals surface area contributed by atoms with Crippen LogP contribution < -0.4 is 14.8 Å². The fourth-order valence-corrected chi connectivity index (χ4v) is 3.73. The zero-order valence-electron chi connectivity index (χ0n) is 14.5. The number of carbonyl (C=O) groups is 2. The summed E-state index contributed by atoms with van der Waals surface area (Å²) in [6.45, 7) is 2.10. The van der Waals surface area contributed by atoms with E-state index in [0.717, 1.165) is 11.1 Å². The molecule has 2 N–H and O–H groups in total. The van der Waals surface area contributed by atoms with Crippen LogP contribution in [-0.2, 0) is 4.79 Å². The third-order valence-electron chi connectivity index (χ3n) is 4.11. The molecule has 4 rings (SSSR count). The molecule has 1 amide bonds. The van der Waals surface area contributed by atoms with Crippen molar-refractivity contribution < 1.29 is 24.2 Å². The quantitative estimate of drug-likeness (QED) is 0.735. The van der Waals surface area contributed by atoms with Crippen molar-refractivity contribution in [2.75, 3.05) is 6.79 Å². The molecule has 2 aromatic rings. The average Bonchev–Trinajstić information content (AvgIpc) is 3.23. The third-order valence-corrected chi connectivity index (χ3v) is 5.35. The molecule has 2 aliphatic rings. The van der Waals surface area contributed by atoms with Gasteiger partial charge in [-0.05, 0) is 66.2 Å². The summed E-state index contributed by atoms with van der Waals surface area (Å²) >= 11 is 7.03. The van der Waals surface area contributed by atoms with Crippen molar-refractivity contribution in [3.05, 3.63) is 56.9 Å². The fraction of sp³-hybridized carbons (Fsp3) is 0.105. The summed E-state index contributed by atoms with van der Waals surface area (Å²) in [4.78, 5) is 28.3. The minimum Gasteiger partial charge on any atom is -0.478 e. The van der Waals surface area contributed by atoms with Gasteiger partial charge in [0.25, 0.3) is 5.91 Å². The van der Waals surface area contributed by atoms with E-state index in [9.17, 15) is 9.59 Å². The molecule has 0 bridgehead atoms. The van der Waals surface area contributed by atoms with E-state index < -0.39 is 5.97 Å². The number of rotatable bonds is 3. The molecule has 2 aromatic carbocycles. The number of ether oxygens (including phenoxy) is 2. The maximum Gasteiger partial charge on any atom is 0.337 e. The normalized spacial score (nSPS) is 18.0. The van der Waals surface area contributed by atoms with Crippen LogP contribution in [0.5, 0.6) is 11.5 Å². The zero-order chi connectivity index (χ0) is 19.8. The number of carbonyl (C=O) groups excluding carboxylic acids is 1. The van der Waals surface area contributed by atoms with E-state index in [2.05, 4.69) is 10.3 Å². The number of carboxylic acid groups (broad SMARTS) is 1. The minimum absolute atomic E-state index is 0.0513. The van der Waals surface area contributed by atoms with E-state index in [-0.39, 0.29) is 23.3 Å². The number of carboxylic acids is 1. The molecule has 28 heavy (non-hydrogen) atoms. The number of aromatic carboxylic acids is 1. The Balaban J connectivity index is 1.61. The monoisotopic (exact) mass is 416 g/mol. The molecule has 9 heteroatoms. The summed E-state index contributed by atoms with van der Waals surface area (Å²) < 4.78 is 10.7. The first-order valence-corrected chi connectivity index (χ1v) is 9.33. The highest BCUT2D eigenvalue weighted by atomic mass is 35.5. The molecule has 0 spiro atoms. The van der Waals surface area contributed by atoms with Gasteiger partial charge in [0.05, 0.1) is 21.2 Å². The molecule has 0 aromatic heterocycles. The van der Waals surface area contributed by atoms with Crippen molar-refractivity contribution in [3.8, 4) is 11.5 Å². The number of nitrogens with zero attached hydrogens (tertiary/aromatic N) is 1. The second-order valence-corrected chi connectivity index (χ2v) is 7.45. The number of hydrogen-bond acceptors (Lipinski definition) is 6. The fourth-order valence-electron chi connectivity index (χ4n) is 2.70. The number of hydrogen-bond donors (Lipinski definition) is 2. The number of thioether (sulfide) groups is 1. The minimum atomic E-state index is -1.14. The summed E-state index contributed by atoms with van der Waals surface area (Å²) in [5.74, 6) is -0.109. The van der Waals surface area contributed by atoms with Crippen LogP contribution in [0, 0.1) is 6.92 Å². The first-order chi connectivity index (χ1) is 13.4. The smallest absolute Gasteiger partial charge is 0.337 e. The molecule has 2 aliphatic heterocycles. The number of amidine groups is 1. The standard InChI is InChI=1S/C19H13ClN2O5S/c1-9-4-14-15(27-8-26-14)5-10(9)6-16-17(23)22-19(28-16)21-11-2-3-13(20)12(7-11)18(24)25/h2-7H,8H2,1H3,(H,24,25)(H,21,22,23)/b16-6-. The maximum absolute atomic E-state index is 12.3. The van der Waals surface area contributed by atoms with Crippen LogP contribution >= 0.6 is 23.4 Å². The van der Waals surface area contributed by atoms with Gasteiger partial charge in [0.15, 0.2) is 16.7 Å². The number of halogens is 1. The predicted octanol–water partition coefficient (Wildman–Crippen LogP) is 3.97. The molecule has 0 atom stereocenters. The Morgan fingerprint density at radius 1 is 1.29 bits per heavy atom. The van der Waals surface area contributed by atoms with Crippen molar-refractivity contribution in [1.82, 2.24) is 5.32 Å². The molecular weight excluding hydrogens is 404 g/mol. The van der Waals surface area contributed by atoms with E-state index in [1.54, 1.807) is 12.1 Å². The number of amides is 1. The number of aliphatic imine (C=N–C) groups is 1. The number of fused-ring (bicyclic) bond motifs is 1. The molecular formula is C19H13ClN2O5S. The summed E-state index contributed by atoms with van der Waals surface area (Å²) in [5, 5.41) is 12.3. The van der Waals surface area contributed by atoms with Crippen LogP contribution in [0.15, 0.2) is 40.2 Å². The molecule has 2 heterocycles. The summed E-state index contributed by atoms with van der Waals surface area (Å²) in [7, 11) is 0. The lowest BCUT2D eigenvalue weighted by Gasteiger charge is -2.03. The molecule has 1 saturated heterocycles. The van der Waals surface area contributed by atoms with Gasteiger partial charge >= 0.3 is 5.97 Å². The molecule has 142 valence electrons. The van der Waals surface area contributed by atoms with Crippen LogP contribution in [0.1, 0.15) is 21.5 Å². The number of aryl methyl sites for hydroxylation is 1. The molecule has 0 radical (unpaired) electrons. The van der Waals surface area contributed by atoms with Gasteiger partial charge in [-0.25, -0.2) is 9.79 Å². The highest BCUT2D eigenvalue weighted by Crippen LogP contribution is 2.37. The first kappa shape index (κ1) is 18.4. The lowest BCUT2D eigenvalue weighted by molar-refractivity contribution is -0.115. The zero-order valence-corrected chi connectivity index (χ0v) is 16.1. The van der Waals surface area contributed by atoms with Gasteiger partial charge < -0.3 is 19.9 Å². The Hall–Kier alpha value is -2.97. The van der Waals surface area contributed by atoms with Crippen molar-refractivity contribution in [3.63, 3.8) is 0 Å². The summed E-state index contributed by atoms with van der Waals surface area (Å²) in [6.07, 6.45) is 1.75. The lowest BCUT2D eigenvalue weighted by Crippen LogP contribution is -2.19. The molecule has 0 aliphatic carbocycles. The topological polar surface area (TPSA) is 97.2 Å². The Morgan fingerprint density at radius 3 is 2.79 bits per heavy atom. The van der Waals surface area contributed by atoms with Crippen molar-refractivity contribution in [1.29, 1.82) is 0 Å². The van der Waals surface area contributed by atoms with Gasteiger partial charge in [-0.1, -0.05) is 11.6 Å². The molecule has 1 fully saturated rings. The van der Waals surface area contributed by atoms with Gasteiger partial charge in [-0.3, -0.25) is 4.79 Å². The largest absolute Gasteiger partial charge is 0.478 e. The van der Waals surface area contributed by atoms with E-state index >= 15 is 0 Å². The Morgan fingerprint density at radius 2 is 2.04 bits per heavy atom. The second kappa shape index (κ2) is 7.21. The lowest BCUT2D eigenvalue weighted by atomic mass is 10.1. The van der Waals surface area contributed by atoms with Gasteiger partial charge in [-0.2, -0.15) is 0 Å².